The van der Waals surface area contributed by atoms with Gasteiger partial charge >= 0.3 is 0 Å². The minimum Gasteiger partial charge on any atom is -0.331 e. The first kappa shape index (κ1) is 12.6. The van der Waals surface area contributed by atoms with E-state index in [-0.39, 0.29) is 0 Å². The summed E-state index contributed by atoms with van der Waals surface area (Å²) in [5.41, 5.74) is 1.31. The molecule has 96 valence electrons. The van der Waals surface area contributed by atoms with Crippen LogP contribution in [-0.2, 0) is 6.54 Å². The van der Waals surface area contributed by atoms with Gasteiger partial charge in [-0.05, 0) is 26.7 Å². The van der Waals surface area contributed by atoms with Crippen molar-refractivity contribution in [3.63, 3.8) is 0 Å². The lowest BCUT2D eigenvalue weighted by molar-refractivity contribution is 0.444. The molecule has 1 saturated carbocycles. The van der Waals surface area contributed by atoms with Crippen LogP contribution in [0.4, 0.5) is 0 Å². The summed E-state index contributed by atoms with van der Waals surface area (Å²) in [5.74, 6) is 0. The predicted molar refractivity (Wildman–Crippen MR) is 70.9 cm³/mol. The van der Waals surface area contributed by atoms with E-state index in [2.05, 4.69) is 28.7 Å². The van der Waals surface area contributed by atoms with E-state index < -0.39 is 0 Å². The van der Waals surface area contributed by atoms with Gasteiger partial charge in [-0.15, -0.1) is 0 Å². The fourth-order valence-corrected chi connectivity index (χ4v) is 2.67. The van der Waals surface area contributed by atoms with Crippen molar-refractivity contribution in [2.45, 2.75) is 71.0 Å². The summed E-state index contributed by atoms with van der Waals surface area (Å²) in [6, 6.07) is 1.22. The molecule has 1 aliphatic rings. The van der Waals surface area contributed by atoms with Gasteiger partial charge in [-0.3, -0.25) is 0 Å². The average Bonchev–Trinajstić information content (AvgIpc) is 2.63. The van der Waals surface area contributed by atoms with E-state index in [9.17, 15) is 0 Å². The summed E-state index contributed by atoms with van der Waals surface area (Å²) in [5, 5.41) is 3.70. The van der Waals surface area contributed by atoms with Crippen molar-refractivity contribution in [2.24, 2.45) is 0 Å². The molecule has 0 spiro atoms. The predicted octanol–water partition coefficient (Wildman–Crippen LogP) is 3.28. The number of nitrogens with zero attached hydrogens (tertiary/aromatic N) is 2. The topological polar surface area (TPSA) is 29.9 Å². The van der Waals surface area contributed by atoms with E-state index in [4.69, 9.17) is 0 Å². The zero-order valence-electron chi connectivity index (χ0n) is 11.2. The van der Waals surface area contributed by atoms with Gasteiger partial charge in [0, 0.05) is 24.8 Å². The van der Waals surface area contributed by atoms with Crippen LogP contribution in [0.3, 0.4) is 0 Å². The Morgan fingerprint density at radius 2 is 2.00 bits per heavy atom. The van der Waals surface area contributed by atoms with Gasteiger partial charge in [0.2, 0.25) is 0 Å². The highest BCUT2D eigenvalue weighted by Gasteiger charge is 2.12. The molecule has 1 fully saturated rings. The third-order valence-corrected chi connectivity index (χ3v) is 3.73. The maximum Gasteiger partial charge on any atom is 0.0951 e. The lowest BCUT2D eigenvalue weighted by Crippen LogP contribution is -2.29. The number of nitrogens with one attached hydrogen (secondary N) is 1. The van der Waals surface area contributed by atoms with Crippen molar-refractivity contribution in [3.8, 4) is 0 Å². The molecule has 0 amide bonds. The molecule has 0 aliphatic heterocycles. The molecule has 0 unspecified atom stereocenters. The monoisotopic (exact) mass is 235 g/mol. The maximum absolute atomic E-state index is 4.25. The van der Waals surface area contributed by atoms with Gasteiger partial charge in [0.15, 0.2) is 0 Å². The van der Waals surface area contributed by atoms with Gasteiger partial charge in [0.1, 0.15) is 0 Å². The Kier molecular flexibility index (Phi) is 4.60. The maximum atomic E-state index is 4.25. The quantitative estimate of drug-likeness (QED) is 0.812. The number of hydrogen-bond donors (Lipinski definition) is 1. The van der Waals surface area contributed by atoms with Crippen molar-refractivity contribution >= 4 is 0 Å². The van der Waals surface area contributed by atoms with Crippen LogP contribution in [-0.4, -0.2) is 15.6 Å². The molecule has 1 aromatic rings. The third kappa shape index (κ3) is 3.56. The summed E-state index contributed by atoms with van der Waals surface area (Å²) in [6.07, 6.45) is 12.2. The summed E-state index contributed by atoms with van der Waals surface area (Å²) in [4.78, 5) is 4.25. The highest BCUT2D eigenvalue weighted by atomic mass is 15.1. The van der Waals surface area contributed by atoms with Crippen LogP contribution in [0, 0.1) is 0 Å². The van der Waals surface area contributed by atoms with E-state index in [1.54, 1.807) is 0 Å². The van der Waals surface area contributed by atoms with E-state index in [1.165, 1.54) is 44.2 Å². The van der Waals surface area contributed by atoms with Crippen LogP contribution in [0.2, 0.25) is 0 Å². The molecule has 0 saturated heterocycles. The Balaban J connectivity index is 1.86. The smallest absolute Gasteiger partial charge is 0.0951 e. The molecule has 0 atom stereocenters. The minimum absolute atomic E-state index is 0.503. The number of rotatable bonds is 4. The molecule has 0 radical (unpaired) electrons. The molecule has 1 heterocycles. The van der Waals surface area contributed by atoms with Crippen LogP contribution in [0.1, 0.15) is 64.1 Å². The van der Waals surface area contributed by atoms with Gasteiger partial charge in [0.05, 0.1) is 12.0 Å². The summed E-state index contributed by atoms with van der Waals surface area (Å²) < 4.78 is 2.25. The fraction of sp³-hybridized carbons (Fsp3) is 0.786. The van der Waals surface area contributed by atoms with Crippen LogP contribution >= 0.6 is 0 Å². The molecule has 1 aromatic heterocycles. The lowest BCUT2D eigenvalue weighted by Gasteiger charge is -2.18. The molecular weight excluding hydrogens is 210 g/mol. The average molecular weight is 235 g/mol. The van der Waals surface area contributed by atoms with Crippen molar-refractivity contribution in [1.82, 2.24) is 14.9 Å². The standard InChI is InChI=1S/C14H25N3/c1-12(2)17-11-15-9-14(17)10-16-13-7-5-3-4-6-8-13/h9,11-13,16H,3-8,10H2,1-2H3. The van der Waals surface area contributed by atoms with Gasteiger partial charge in [-0.1, -0.05) is 25.7 Å². The zero-order valence-corrected chi connectivity index (χ0v) is 11.2. The molecule has 0 bridgehead atoms. The van der Waals surface area contributed by atoms with Crippen molar-refractivity contribution in [2.75, 3.05) is 0 Å². The number of aromatic nitrogens is 2. The van der Waals surface area contributed by atoms with E-state index in [1.807, 2.05) is 12.5 Å². The van der Waals surface area contributed by atoms with Crippen LogP contribution in [0.5, 0.6) is 0 Å². The Hall–Kier alpha value is -0.830. The summed E-state index contributed by atoms with van der Waals surface area (Å²) >= 11 is 0. The van der Waals surface area contributed by atoms with Crippen LogP contribution < -0.4 is 5.32 Å². The molecule has 1 aliphatic carbocycles. The van der Waals surface area contributed by atoms with Crippen molar-refractivity contribution in [3.05, 3.63) is 18.2 Å². The van der Waals surface area contributed by atoms with Crippen molar-refractivity contribution < 1.29 is 0 Å². The zero-order chi connectivity index (χ0) is 12.1. The highest BCUT2D eigenvalue weighted by Crippen LogP contribution is 2.18. The first-order chi connectivity index (χ1) is 8.27. The number of imidazole rings is 1. The largest absolute Gasteiger partial charge is 0.331 e. The second kappa shape index (κ2) is 6.20. The molecule has 17 heavy (non-hydrogen) atoms. The van der Waals surface area contributed by atoms with Gasteiger partial charge in [-0.2, -0.15) is 0 Å². The van der Waals surface area contributed by atoms with Crippen molar-refractivity contribution in [1.29, 1.82) is 0 Å². The normalized spacial score (nSPS) is 18.5. The van der Waals surface area contributed by atoms with Crippen LogP contribution in [0.25, 0.3) is 0 Å². The van der Waals surface area contributed by atoms with E-state index >= 15 is 0 Å². The van der Waals surface area contributed by atoms with E-state index in [0.29, 0.717) is 12.1 Å². The molecule has 1 N–H and O–H groups in total. The molecule has 0 aromatic carbocycles. The second-order valence-electron chi connectivity index (χ2n) is 5.46. The van der Waals surface area contributed by atoms with E-state index in [0.717, 1.165) is 6.54 Å². The number of hydrogen-bond acceptors (Lipinski definition) is 2. The fourth-order valence-electron chi connectivity index (χ4n) is 2.67. The first-order valence-corrected chi connectivity index (χ1v) is 7.01. The SMILES string of the molecule is CC(C)n1cncc1CNC1CCCCCC1. The Labute approximate surface area is 105 Å². The Morgan fingerprint density at radius 1 is 1.29 bits per heavy atom. The Morgan fingerprint density at radius 3 is 2.65 bits per heavy atom. The van der Waals surface area contributed by atoms with Crippen LogP contribution in [0.15, 0.2) is 12.5 Å². The van der Waals surface area contributed by atoms with Gasteiger partial charge in [0.25, 0.3) is 0 Å². The molecule has 3 nitrogen and oxygen atoms in total. The third-order valence-electron chi connectivity index (χ3n) is 3.73. The molecular formula is C14H25N3. The van der Waals surface area contributed by atoms with Gasteiger partial charge in [-0.25, -0.2) is 4.98 Å². The summed E-state index contributed by atoms with van der Waals surface area (Å²) in [7, 11) is 0. The molecule has 3 heteroatoms. The molecule has 2 rings (SSSR count). The highest BCUT2D eigenvalue weighted by molar-refractivity contribution is 4.99. The second-order valence-corrected chi connectivity index (χ2v) is 5.46. The minimum atomic E-state index is 0.503. The Bertz CT molecular complexity index is 322. The lowest BCUT2D eigenvalue weighted by atomic mass is 10.1. The summed E-state index contributed by atoms with van der Waals surface area (Å²) in [6.45, 7) is 5.37. The van der Waals surface area contributed by atoms with Gasteiger partial charge < -0.3 is 9.88 Å². The first-order valence-electron chi connectivity index (χ1n) is 7.01.